The smallest absolute Gasteiger partial charge is 0.298 e. The van der Waals surface area contributed by atoms with Gasteiger partial charge in [0.2, 0.25) is 0 Å². The number of rotatable bonds is 2. The monoisotopic (exact) mass is 170 g/mol. The highest BCUT2D eigenvalue weighted by Gasteiger charge is 1.91. The van der Waals surface area contributed by atoms with Crippen molar-refractivity contribution < 1.29 is 14.6 Å². The largest absolute Gasteiger partial charge is 0.508 e. The van der Waals surface area contributed by atoms with Crippen LogP contribution in [0, 0.1) is 0 Å². The van der Waals surface area contributed by atoms with Gasteiger partial charge in [-0.05, 0) is 23.1 Å². The first kappa shape index (κ1) is 9.71. The highest BCUT2D eigenvalue weighted by molar-refractivity contribution is 5.75. The normalized spacial score (nSPS) is 8.00. The van der Waals surface area contributed by atoms with Gasteiger partial charge in [-0.1, -0.05) is 6.07 Å². The van der Waals surface area contributed by atoms with Crippen LogP contribution >= 0.6 is 0 Å². The van der Waals surface area contributed by atoms with Gasteiger partial charge < -0.3 is 9.84 Å². The maximum absolute atomic E-state index is 9.78. The third-order valence-electron chi connectivity index (χ3n) is 1.00. The SMILES string of the molecule is O=COc1cccc(O)c1.[SiH4]. The zero-order valence-corrected chi connectivity index (χ0v) is 5.15. The van der Waals surface area contributed by atoms with E-state index in [2.05, 4.69) is 4.74 Å². The highest BCUT2D eigenvalue weighted by Crippen LogP contribution is 2.16. The molecule has 0 unspecified atom stereocenters. The number of benzene rings is 1. The molecule has 0 fully saturated rings. The maximum Gasteiger partial charge on any atom is 0.298 e. The van der Waals surface area contributed by atoms with Crippen LogP contribution in [0.1, 0.15) is 0 Å². The number of hydrogen-bond acceptors (Lipinski definition) is 3. The van der Waals surface area contributed by atoms with Crippen LogP contribution in [-0.2, 0) is 4.79 Å². The molecule has 0 heterocycles. The highest BCUT2D eigenvalue weighted by atomic mass is 28.1. The van der Waals surface area contributed by atoms with Crippen LogP contribution in [0.15, 0.2) is 24.3 Å². The average Bonchev–Trinajstić information content (AvgIpc) is 1.88. The summed E-state index contributed by atoms with van der Waals surface area (Å²) < 4.78 is 4.45. The Morgan fingerprint density at radius 3 is 2.73 bits per heavy atom. The van der Waals surface area contributed by atoms with E-state index < -0.39 is 0 Å². The fraction of sp³-hybridized carbons (Fsp3) is 0. The van der Waals surface area contributed by atoms with Crippen molar-refractivity contribution in [2.75, 3.05) is 0 Å². The van der Waals surface area contributed by atoms with Gasteiger partial charge in [-0.2, -0.15) is 0 Å². The van der Waals surface area contributed by atoms with Crippen LogP contribution in [0.25, 0.3) is 0 Å². The minimum atomic E-state index is 0. The van der Waals surface area contributed by atoms with Crippen molar-refractivity contribution in [3.05, 3.63) is 24.3 Å². The van der Waals surface area contributed by atoms with E-state index in [0.717, 1.165) is 0 Å². The predicted molar refractivity (Wildman–Crippen MR) is 46.1 cm³/mol. The molecule has 11 heavy (non-hydrogen) atoms. The Bertz CT molecular complexity index is 237. The molecule has 1 aromatic carbocycles. The summed E-state index contributed by atoms with van der Waals surface area (Å²) in [5.41, 5.74) is 0. The van der Waals surface area contributed by atoms with Gasteiger partial charge >= 0.3 is 0 Å². The number of phenolic OH excluding ortho intramolecular Hbond substituents is 1. The van der Waals surface area contributed by atoms with Gasteiger partial charge in [0.25, 0.3) is 6.47 Å². The van der Waals surface area contributed by atoms with E-state index >= 15 is 0 Å². The fourth-order valence-corrected chi connectivity index (χ4v) is 0.612. The molecule has 0 bridgehead atoms. The molecule has 0 aromatic heterocycles. The van der Waals surface area contributed by atoms with Gasteiger partial charge in [-0.3, -0.25) is 4.79 Å². The second-order valence-electron chi connectivity index (χ2n) is 1.71. The van der Waals surface area contributed by atoms with Crippen molar-refractivity contribution in [2.24, 2.45) is 0 Å². The molecule has 1 N–H and O–H groups in total. The van der Waals surface area contributed by atoms with Gasteiger partial charge in [0, 0.05) is 6.07 Å². The minimum Gasteiger partial charge on any atom is -0.508 e. The summed E-state index contributed by atoms with van der Waals surface area (Å²) in [5.74, 6) is 0.425. The lowest BCUT2D eigenvalue weighted by Crippen LogP contribution is -1.86. The van der Waals surface area contributed by atoms with Crippen molar-refractivity contribution in [3.63, 3.8) is 0 Å². The second kappa shape index (κ2) is 4.51. The summed E-state index contributed by atoms with van der Waals surface area (Å²) in [7, 11) is 0. The van der Waals surface area contributed by atoms with Gasteiger partial charge in [-0.25, -0.2) is 0 Å². The van der Waals surface area contributed by atoms with Crippen LogP contribution in [-0.4, -0.2) is 22.5 Å². The molecule has 4 heteroatoms. The maximum atomic E-state index is 9.78. The first-order valence-corrected chi connectivity index (χ1v) is 2.72. The van der Waals surface area contributed by atoms with E-state index in [0.29, 0.717) is 12.2 Å². The van der Waals surface area contributed by atoms with Crippen molar-refractivity contribution in [2.45, 2.75) is 0 Å². The van der Waals surface area contributed by atoms with Crippen molar-refractivity contribution >= 4 is 17.4 Å². The van der Waals surface area contributed by atoms with Crippen LogP contribution in [0.4, 0.5) is 0 Å². The summed E-state index contributed by atoms with van der Waals surface area (Å²) in [4.78, 5) is 9.78. The Morgan fingerprint density at radius 1 is 1.45 bits per heavy atom. The van der Waals surface area contributed by atoms with E-state index in [1.54, 1.807) is 12.1 Å². The number of carbonyl (C=O) groups excluding carboxylic acids is 1. The third kappa shape index (κ3) is 2.86. The van der Waals surface area contributed by atoms with Crippen molar-refractivity contribution in [1.82, 2.24) is 0 Å². The molecular weight excluding hydrogens is 160 g/mol. The number of carbonyl (C=O) groups is 1. The molecule has 0 aliphatic carbocycles. The molecule has 1 aromatic rings. The summed E-state index contributed by atoms with van der Waals surface area (Å²) in [6.45, 7) is 0.314. The number of phenols is 1. The summed E-state index contributed by atoms with van der Waals surface area (Å²) in [6, 6.07) is 6.02. The third-order valence-corrected chi connectivity index (χ3v) is 1.00. The molecule has 1 rings (SSSR count). The van der Waals surface area contributed by atoms with Crippen LogP contribution in [0.5, 0.6) is 11.5 Å². The van der Waals surface area contributed by atoms with E-state index in [1.807, 2.05) is 0 Å². The molecule has 0 aliphatic rings. The van der Waals surface area contributed by atoms with Gasteiger partial charge in [0.15, 0.2) is 0 Å². The number of ether oxygens (including phenoxy) is 1. The molecule has 0 saturated carbocycles. The van der Waals surface area contributed by atoms with Crippen LogP contribution in [0.2, 0.25) is 0 Å². The molecule has 0 aliphatic heterocycles. The van der Waals surface area contributed by atoms with Gasteiger partial charge in [0.05, 0.1) is 0 Å². The second-order valence-corrected chi connectivity index (χ2v) is 1.71. The van der Waals surface area contributed by atoms with Crippen LogP contribution < -0.4 is 4.74 Å². The Balaban J connectivity index is 0.000001000. The van der Waals surface area contributed by atoms with Crippen LogP contribution in [0.3, 0.4) is 0 Å². The van der Waals surface area contributed by atoms with E-state index in [9.17, 15) is 4.79 Å². The van der Waals surface area contributed by atoms with E-state index in [1.165, 1.54) is 12.1 Å². The molecule has 0 atom stereocenters. The lowest BCUT2D eigenvalue weighted by molar-refractivity contribution is -0.120. The quantitative estimate of drug-likeness (QED) is 0.479. The summed E-state index contributed by atoms with van der Waals surface area (Å²) in [6.07, 6.45) is 0. The lowest BCUT2D eigenvalue weighted by atomic mass is 10.3. The Hall–Kier alpha value is -1.29. The van der Waals surface area contributed by atoms with Crippen molar-refractivity contribution in [3.8, 4) is 11.5 Å². The number of aromatic hydroxyl groups is 1. The zero-order chi connectivity index (χ0) is 7.40. The molecule has 0 spiro atoms. The van der Waals surface area contributed by atoms with Gasteiger partial charge in [0.1, 0.15) is 11.5 Å². The molecule has 0 amide bonds. The Kier molecular flexibility index (Phi) is 3.98. The first-order valence-electron chi connectivity index (χ1n) is 2.72. The Morgan fingerprint density at radius 2 is 2.18 bits per heavy atom. The Labute approximate surface area is 68.6 Å². The molecule has 60 valence electrons. The zero-order valence-electron chi connectivity index (χ0n) is 5.15. The summed E-state index contributed by atoms with van der Waals surface area (Å²) in [5, 5.41) is 8.84. The fourth-order valence-electron chi connectivity index (χ4n) is 0.612. The lowest BCUT2D eigenvalue weighted by Gasteiger charge is -1.95. The van der Waals surface area contributed by atoms with E-state index in [4.69, 9.17) is 5.11 Å². The van der Waals surface area contributed by atoms with E-state index in [-0.39, 0.29) is 16.7 Å². The molecule has 0 saturated heterocycles. The molecular formula is C7H10O3Si. The standard InChI is InChI=1S/C7H6O3.H4Si/c8-5-10-7-3-1-2-6(9)4-7;/h1-5,9H;1H4. The number of hydrogen-bond donors (Lipinski definition) is 1. The minimum absolute atomic E-state index is 0. The van der Waals surface area contributed by atoms with Crippen molar-refractivity contribution in [1.29, 1.82) is 0 Å². The topological polar surface area (TPSA) is 46.5 Å². The van der Waals surface area contributed by atoms with Gasteiger partial charge in [-0.15, -0.1) is 0 Å². The average molecular weight is 170 g/mol. The molecule has 0 radical (unpaired) electrons. The first-order chi connectivity index (χ1) is 4.83. The molecule has 3 nitrogen and oxygen atoms in total. The predicted octanol–water partition coefficient (Wildman–Crippen LogP) is -0.524. The summed E-state index contributed by atoms with van der Waals surface area (Å²) >= 11 is 0.